The molecule has 2 heterocycles. The molecule has 15 heteroatoms. The largest absolute Gasteiger partial charge is 0.457 e. The molecular weight excluding hydrogens is 1030 g/mol. The smallest absolute Gasteiger partial charge is 0.251 e. The van der Waals surface area contributed by atoms with Gasteiger partial charge in [-0.2, -0.15) is 0 Å². The second-order valence-corrected chi connectivity index (χ2v) is 24.1. The molecule has 0 saturated carbocycles. The van der Waals surface area contributed by atoms with Crippen LogP contribution in [0.15, 0.2) is 121 Å². The molecule has 0 spiro atoms. The summed E-state index contributed by atoms with van der Waals surface area (Å²) in [6.07, 6.45) is 6.67. The van der Waals surface area contributed by atoms with Crippen molar-refractivity contribution in [3.63, 3.8) is 0 Å². The van der Waals surface area contributed by atoms with Gasteiger partial charge in [-0.15, -0.1) is 0 Å². The Hall–Kier alpha value is -7.65. The van der Waals surface area contributed by atoms with Crippen LogP contribution in [0.5, 0.6) is 11.5 Å². The van der Waals surface area contributed by atoms with E-state index in [1.54, 1.807) is 60.2 Å². The number of benzene rings is 5. The monoisotopic (exact) mass is 1110 g/mol. The fourth-order valence-corrected chi connectivity index (χ4v) is 12.2. The number of carbonyl (C=O) groups excluding carboxylic acids is 7. The summed E-state index contributed by atoms with van der Waals surface area (Å²) >= 11 is 0. The lowest BCUT2D eigenvalue weighted by Gasteiger charge is -2.39. The van der Waals surface area contributed by atoms with Gasteiger partial charge in [0.1, 0.15) is 35.4 Å². The molecule has 15 nitrogen and oxygen atoms in total. The summed E-state index contributed by atoms with van der Waals surface area (Å²) in [6.45, 7) is 11.7. The van der Waals surface area contributed by atoms with Gasteiger partial charge in [0.2, 0.25) is 29.5 Å². The summed E-state index contributed by atoms with van der Waals surface area (Å²) in [6, 6.07) is 34.2. The third-order valence-corrected chi connectivity index (χ3v) is 17.5. The van der Waals surface area contributed by atoms with Crippen LogP contribution in [0.1, 0.15) is 148 Å². The highest BCUT2D eigenvalue weighted by molar-refractivity contribution is 5.96. The SMILES string of the molecule is CC[C@@H](C)C(=O)N[C@@H](Cc1ccc(Oc2ccc(C(=O)NC3C[C@@H](C(=O)NC4CCCc5ccccc54)N(C(=O)[C@@H](CC(=O)[C@H](C)NC)C(C)(C)C)C3)cc2)cc1)C(=O)N1Cc2ccccc2CC1C(=O)N[C@@H]1CCCc2ccccc21. The van der Waals surface area contributed by atoms with Gasteiger partial charge in [-0.25, -0.2) is 0 Å². The van der Waals surface area contributed by atoms with Gasteiger partial charge in [0, 0.05) is 55.8 Å². The van der Waals surface area contributed by atoms with Gasteiger partial charge >= 0.3 is 0 Å². The van der Waals surface area contributed by atoms with Gasteiger partial charge in [-0.3, -0.25) is 33.6 Å². The van der Waals surface area contributed by atoms with Crippen molar-refractivity contribution in [2.45, 2.75) is 161 Å². The van der Waals surface area contributed by atoms with Gasteiger partial charge in [0.25, 0.3) is 5.91 Å². The van der Waals surface area contributed by atoms with Crippen molar-refractivity contribution in [1.82, 2.24) is 36.4 Å². The zero-order valence-electron chi connectivity index (χ0n) is 48.6. The average Bonchev–Trinajstić information content (AvgIpc) is 4.11. The van der Waals surface area contributed by atoms with E-state index >= 15 is 0 Å². The number of nitrogens with one attached hydrogen (secondary N) is 5. The third-order valence-electron chi connectivity index (χ3n) is 17.5. The number of ketones is 1. The van der Waals surface area contributed by atoms with Crippen molar-refractivity contribution in [2.24, 2.45) is 17.3 Å². The zero-order valence-corrected chi connectivity index (χ0v) is 48.6. The molecule has 5 N–H and O–H groups in total. The van der Waals surface area contributed by atoms with Crippen LogP contribution in [-0.4, -0.2) is 94.8 Å². The Morgan fingerprint density at radius 1 is 0.646 bits per heavy atom. The topological polar surface area (TPSA) is 195 Å². The number of aryl methyl sites for hydroxylation is 2. The summed E-state index contributed by atoms with van der Waals surface area (Å²) in [7, 11) is 1.71. The van der Waals surface area contributed by atoms with Crippen LogP contribution in [0.4, 0.5) is 0 Å². The minimum absolute atomic E-state index is 0.00922. The highest BCUT2D eigenvalue weighted by atomic mass is 16.5. The van der Waals surface area contributed by atoms with Gasteiger partial charge in [-0.1, -0.05) is 120 Å². The molecule has 1 fully saturated rings. The molecule has 0 aromatic heterocycles. The predicted octanol–water partition coefficient (Wildman–Crippen LogP) is 8.82. The molecule has 5 aromatic carbocycles. The third kappa shape index (κ3) is 13.8. The normalized spacial score (nSPS) is 20.8. The first-order valence-corrected chi connectivity index (χ1v) is 29.5. The summed E-state index contributed by atoms with van der Waals surface area (Å²) < 4.78 is 6.24. The number of carbonyl (C=O) groups is 7. The van der Waals surface area contributed by atoms with E-state index in [1.807, 2.05) is 101 Å². The average molecular weight is 1110 g/mol. The van der Waals surface area contributed by atoms with E-state index in [4.69, 9.17) is 4.74 Å². The lowest BCUT2D eigenvalue weighted by Crippen LogP contribution is -2.58. The lowest BCUT2D eigenvalue weighted by atomic mass is 9.76. The van der Waals surface area contributed by atoms with E-state index in [2.05, 4.69) is 44.8 Å². The molecule has 0 radical (unpaired) electrons. The van der Waals surface area contributed by atoms with Crippen molar-refractivity contribution in [1.29, 1.82) is 0 Å². The maximum Gasteiger partial charge on any atom is 0.251 e. The number of ether oxygens (including phenoxy) is 1. The van der Waals surface area contributed by atoms with E-state index in [9.17, 15) is 33.6 Å². The highest BCUT2D eigenvalue weighted by Gasteiger charge is 2.46. The minimum atomic E-state index is -0.957. The van der Waals surface area contributed by atoms with Gasteiger partial charge in [-0.05, 0) is 146 Å². The van der Waals surface area contributed by atoms with E-state index in [0.717, 1.165) is 66.3 Å². The van der Waals surface area contributed by atoms with Crippen molar-refractivity contribution >= 4 is 41.2 Å². The van der Waals surface area contributed by atoms with Crippen LogP contribution < -0.4 is 31.3 Å². The second-order valence-electron chi connectivity index (χ2n) is 24.1. The molecule has 1 saturated heterocycles. The number of Topliss-reactive ketones (excluding diaryl/α,β-unsaturated/α-hetero) is 1. The van der Waals surface area contributed by atoms with E-state index in [1.165, 1.54) is 11.1 Å². The second kappa shape index (κ2) is 26.1. The Bertz CT molecular complexity index is 3140. The Morgan fingerprint density at radius 2 is 1.20 bits per heavy atom. The van der Waals surface area contributed by atoms with Crippen molar-refractivity contribution in [3.8, 4) is 11.5 Å². The van der Waals surface area contributed by atoms with Gasteiger partial charge in [0.15, 0.2) is 0 Å². The van der Waals surface area contributed by atoms with Crippen molar-refractivity contribution in [3.05, 3.63) is 166 Å². The zero-order chi connectivity index (χ0) is 58.2. The predicted molar refractivity (Wildman–Crippen MR) is 316 cm³/mol. The Morgan fingerprint density at radius 3 is 1.77 bits per heavy atom. The molecule has 2 aliphatic carbocycles. The molecular formula is C67H81N7O8. The molecule has 5 aromatic rings. The van der Waals surface area contributed by atoms with Crippen molar-refractivity contribution in [2.75, 3.05) is 13.6 Å². The first kappa shape index (κ1) is 59.0. The maximum atomic E-state index is 15.0. The number of hydrogen-bond acceptors (Lipinski definition) is 9. The van der Waals surface area contributed by atoms with Crippen LogP contribution in [-0.2, 0) is 61.0 Å². The van der Waals surface area contributed by atoms with Crippen LogP contribution in [0.25, 0.3) is 0 Å². The minimum Gasteiger partial charge on any atom is -0.457 e. The van der Waals surface area contributed by atoms with E-state index < -0.39 is 41.5 Å². The quantitative estimate of drug-likeness (QED) is 0.0537. The summed E-state index contributed by atoms with van der Waals surface area (Å²) in [5, 5.41) is 15.7. The molecule has 9 rings (SSSR count). The molecule has 432 valence electrons. The highest BCUT2D eigenvalue weighted by Crippen LogP contribution is 2.36. The number of rotatable bonds is 19. The number of hydrogen-bond donors (Lipinski definition) is 5. The lowest BCUT2D eigenvalue weighted by molar-refractivity contribution is -0.146. The van der Waals surface area contributed by atoms with Crippen LogP contribution in [0.2, 0.25) is 0 Å². The van der Waals surface area contributed by atoms with E-state index in [0.29, 0.717) is 29.9 Å². The van der Waals surface area contributed by atoms with Crippen LogP contribution >= 0.6 is 0 Å². The van der Waals surface area contributed by atoms with E-state index in [-0.39, 0.29) is 91.6 Å². The molecule has 3 unspecified atom stereocenters. The molecule has 4 aliphatic rings. The number of nitrogens with zero attached hydrogens (tertiary/aromatic N) is 2. The fourth-order valence-electron chi connectivity index (χ4n) is 12.2. The number of amides is 6. The van der Waals surface area contributed by atoms with Crippen LogP contribution in [0, 0.1) is 17.3 Å². The molecule has 82 heavy (non-hydrogen) atoms. The fraction of sp³-hybridized carbons (Fsp3) is 0.448. The number of likely N-dealkylation sites (N-methyl/N-ethyl adjacent to an activating group) is 1. The van der Waals surface area contributed by atoms with Gasteiger partial charge < -0.3 is 41.1 Å². The summed E-state index contributed by atoms with van der Waals surface area (Å²) in [4.78, 5) is 103. The number of likely N-dealkylation sites (tertiary alicyclic amines) is 1. The summed E-state index contributed by atoms with van der Waals surface area (Å²) in [5.74, 6) is -1.89. The Labute approximate surface area is 483 Å². The number of fused-ring (bicyclic) bond motifs is 3. The molecule has 9 atom stereocenters. The van der Waals surface area contributed by atoms with Gasteiger partial charge in [0.05, 0.1) is 18.1 Å². The standard InChI is InChI=1S/C67H81N7O8/c1-8-41(2)61(76)72-57(66(81)73-39-48-20-10-9-19-47(48)36-58(73)63(78)70-55-25-15-21-44-17-11-13-23-52(44)55)35-43-27-31-50(32-28-43)82-51-33-29-46(30-34-51)62(77)69-49-37-59(64(79)71-56-26-16-22-45-18-12-14-24-53(45)56)74(40-49)65(80)54(67(4,5)6)38-60(75)42(3)68-7/h9-14,17-20,23-24,27-34,41-42,49,54-59,68H,8,15-16,21-22,25-26,35-40H2,1-7H3,(H,69,77)(H,70,78)(H,71,79)(H,72,76)/t41-,42+,49?,54-,55-,56?,57+,58?,59+/m1/s1. The Balaban J connectivity index is 0.867. The molecule has 6 amide bonds. The van der Waals surface area contributed by atoms with Crippen LogP contribution in [0.3, 0.4) is 0 Å². The Kier molecular flexibility index (Phi) is 18.8. The first-order valence-electron chi connectivity index (χ1n) is 29.5. The molecule has 0 bridgehead atoms. The molecule has 2 aliphatic heterocycles. The maximum absolute atomic E-state index is 15.0. The van der Waals surface area contributed by atoms with Crippen molar-refractivity contribution < 1.29 is 38.3 Å². The first-order chi connectivity index (χ1) is 39.4. The summed E-state index contributed by atoms with van der Waals surface area (Å²) in [5.41, 5.74) is 7.13.